The van der Waals surface area contributed by atoms with Gasteiger partial charge in [-0.2, -0.15) is 0 Å². The van der Waals surface area contributed by atoms with Crippen molar-refractivity contribution in [1.82, 2.24) is 5.32 Å². The molecule has 0 saturated heterocycles. The van der Waals surface area contributed by atoms with Crippen molar-refractivity contribution >= 4 is 6.41 Å². The van der Waals surface area contributed by atoms with Crippen LogP contribution >= 0.6 is 0 Å². The summed E-state index contributed by atoms with van der Waals surface area (Å²) in [5, 5.41) is 2.89. The summed E-state index contributed by atoms with van der Waals surface area (Å²) in [4.78, 5) is 10.5. The summed E-state index contributed by atoms with van der Waals surface area (Å²) < 4.78 is 0. The lowest BCUT2D eigenvalue weighted by Gasteiger charge is -2.35. The Hall–Kier alpha value is -1.31. The van der Waals surface area contributed by atoms with Gasteiger partial charge in [-0.05, 0) is 48.6 Å². The van der Waals surface area contributed by atoms with Crippen LogP contribution in [0.1, 0.15) is 93.6 Å². The van der Waals surface area contributed by atoms with Crippen LogP contribution in [-0.2, 0) is 4.79 Å². The topological polar surface area (TPSA) is 29.1 Å². The van der Waals surface area contributed by atoms with Crippen molar-refractivity contribution in [3.8, 4) is 0 Å². The molecule has 2 fully saturated rings. The van der Waals surface area contributed by atoms with E-state index < -0.39 is 0 Å². The van der Waals surface area contributed by atoms with E-state index in [2.05, 4.69) is 29.6 Å². The second-order valence-electron chi connectivity index (χ2n) is 7.57. The zero-order valence-electron chi connectivity index (χ0n) is 14.3. The van der Waals surface area contributed by atoms with Crippen LogP contribution in [0.2, 0.25) is 0 Å². The van der Waals surface area contributed by atoms with Crippen LogP contribution in [0.25, 0.3) is 0 Å². The maximum Gasteiger partial charge on any atom is 0.207 e. The molecule has 1 aromatic rings. The Bertz CT molecular complexity index is 465. The quantitative estimate of drug-likeness (QED) is 0.752. The Kier molecular flexibility index (Phi) is 6.13. The van der Waals surface area contributed by atoms with E-state index in [1.165, 1.54) is 63.4 Å². The van der Waals surface area contributed by atoms with E-state index in [9.17, 15) is 4.79 Å². The van der Waals surface area contributed by atoms with Crippen molar-refractivity contribution in [2.75, 3.05) is 0 Å². The number of amides is 1. The van der Waals surface area contributed by atoms with Crippen LogP contribution in [0.3, 0.4) is 0 Å². The average molecular weight is 313 g/mol. The molecule has 0 atom stereocenters. The largest absolute Gasteiger partial charge is 0.356 e. The van der Waals surface area contributed by atoms with E-state index >= 15 is 0 Å². The fourth-order valence-corrected chi connectivity index (χ4v) is 4.31. The standard InChI is InChI=1S/C21H31NO/c23-16-22-21-14-20(15-21)19-12-10-18(11-13-19)17-8-6-4-2-1-3-5-7-9-17/h10-13,16-17,20-21H,1-9,14-15H2,(H,22,23). The van der Waals surface area contributed by atoms with Crippen molar-refractivity contribution in [3.63, 3.8) is 0 Å². The summed E-state index contributed by atoms with van der Waals surface area (Å²) in [5.74, 6) is 1.42. The predicted molar refractivity (Wildman–Crippen MR) is 95.7 cm³/mol. The Labute approximate surface area is 141 Å². The molecule has 2 aliphatic carbocycles. The van der Waals surface area contributed by atoms with Crippen LogP contribution < -0.4 is 5.32 Å². The summed E-state index contributed by atoms with van der Waals surface area (Å²) in [6, 6.07) is 9.85. The van der Waals surface area contributed by atoms with Crippen molar-refractivity contribution in [3.05, 3.63) is 35.4 Å². The first-order chi connectivity index (χ1) is 11.4. The molecule has 23 heavy (non-hydrogen) atoms. The lowest BCUT2D eigenvalue weighted by molar-refractivity contribution is -0.110. The molecule has 2 nitrogen and oxygen atoms in total. The van der Waals surface area contributed by atoms with Crippen molar-refractivity contribution in [1.29, 1.82) is 0 Å². The number of benzene rings is 1. The lowest BCUT2D eigenvalue weighted by Crippen LogP contribution is -2.39. The molecule has 0 aliphatic heterocycles. The van der Waals surface area contributed by atoms with Gasteiger partial charge in [0.15, 0.2) is 0 Å². The van der Waals surface area contributed by atoms with Gasteiger partial charge < -0.3 is 5.32 Å². The predicted octanol–water partition coefficient (Wildman–Crippen LogP) is 5.29. The van der Waals surface area contributed by atoms with Crippen LogP contribution in [0.5, 0.6) is 0 Å². The molecule has 126 valence electrons. The molecule has 0 radical (unpaired) electrons. The van der Waals surface area contributed by atoms with Gasteiger partial charge in [0.2, 0.25) is 6.41 Å². The number of nitrogens with one attached hydrogen (secondary N) is 1. The van der Waals surface area contributed by atoms with Gasteiger partial charge in [0.05, 0.1) is 0 Å². The molecule has 2 saturated carbocycles. The summed E-state index contributed by atoms with van der Waals surface area (Å²) >= 11 is 0. The Balaban J connectivity index is 1.56. The molecule has 0 aromatic heterocycles. The van der Waals surface area contributed by atoms with Gasteiger partial charge in [0.1, 0.15) is 0 Å². The van der Waals surface area contributed by atoms with E-state index in [0.717, 1.165) is 25.2 Å². The second-order valence-corrected chi connectivity index (χ2v) is 7.57. The zero-order chi connectivity index (χ0) is 15.9. The third kappa shape index (κ3) is 4.59. The van der Waals surface area contributed by atoms with Crippen LogP contribution in [0.15, 0.2) is 24.3 Å². The smallest absolute Gasteiger partial charge is 0.207 e. The first-order valence-corrected chi connectivity index (χ1v) is 9.66. The Morgan fingerprint density at radius 3 is 1.74 bits per heavy atom. The third-order valence-electron chi connectivity index (χ3n) is 5.93. The minimum Gasteiger partial charge on any atom is -0.356 e. The molecule has 0 heterocycles. The highest BCUT2D eigenvalue weighted by molar-refractivity contribution is 5.47. The van der Waals surface area contributed by atoms with Crippen LogP contribution in [0, 0.1) is 0 Å². The van der Waals surface area contributed by atoms with Gasteiger partial charge in [-0.25, -0.2) is 0 Å². The summed E-state index contributed by atoms with van der Waals surface area (Å²) in [5.41, 5.74) is 3.01. The molecule has 0 unspecified atom stereocenters. The molecule has 2 heteroatoms. The van der Waals surface area contributed by atoms with E-state index in [1.807, 2.05) is 0 Å². The SMILES string of the molecule is O=CNC1CC(c2ccc(C3CCCCCCCCC3)cc2)C1. The first kappa shape index (κ1) is 16.5. The highest BCUT2D eigenvalue weighted by Gasteiger charge is 2.29. The minimum atomic E-state index is 0.399. The van der Waals surface area contributed by atoms with Crippen LogP contribution in [-0.4, -0.2) is 12.5 Å². The third-order valence-corrected chi connectivity index (χ3v) is 5.93. The molecule has 1 amide bonds. The number of rotatable bonds is 4. The monoisotopic (exact) mass is 313 g/mol. The molecule has 2 aliphatic rings. The van der Waals surface area contributed by atoms with Crippen molar-refractivity contribution < 1.29 is 4.79 Å². The number of carbonyl (C=O) groups is 1. The summed E-state index contributed by atoms with van der Waals surface area (Å²) in [6.45, 7) is 0. The van der Waals surface area contributed by atoms with Gasteiger partial charge in [-0.1, -0.05) is 69.2 Å². The van der Waals surface area contributed by atoms with Gasteiger partial charge in [-0.3, -0.25) is 4.79 Å². The minimum absolute atomic E-state index is 0.399. The van der Waals surface area contributed by atoms with Gasteiger partial charge in [0, 0.05) is 6.04 Å². The Morgan fingerprint density at radius 1 is 0.739 bits per heavy atom. The lowest BCUT2D eigenvalue weighted by atomic mass is 9.75. The molecule has 1 aromatic carbocycles. The highest BCUT2D eigenvalue weighted by atomic mass is 16.1. The molecular formula is C21H31NO. The number of hydrogen-bond donors (Lipinski definition) is 1. The number of carbonyl (C=O) groups excluding carboxylic acids is 1. The molecule has 3 rings (SSSR count). The average Bonchev–Trinajstić information content (AvgIpc) is 2.56. The fourth-order valence-electron chi connectivity index (χ4n) is 4.31. The van der Waals surface area contributed by atoms with Crippen LogP contribution in [0.4, 0.5) is 0 Å². The normalized spacial score (nSPS) is 27.0. The maximum absolute atomic E-state index is 10.5. The first-order valence-electron chi connectivity index (χ1n) is 9.66. The maximum atomic E-state index is 10.5. The molecule has 0 bridgehead atoms. The summed E-state index contributed by atoms with van der Waals surface area (Å²) in [7, 11) is 0. The molecule has 1 N–H and O–H groups in total. The van der Waals surface area contributed by atoms with E-state index in [1.54, 1.807) is 5.56 Å². The van der Waals surface area contributed by atoms with E-state index in [0.29, 0.717) is 12.0 Å². The summed E-state index contributed by atoms with van der Waals surface area (Å²) in [6.07, 6.45) is 15.7. The number of hydrogen-bond acceptors (Lipinski definition) is 1. The van der Waals surface area contributed by atoms with Gasteiger partial charge in [0.25, 0.3) is 0 Å². The highest BCUT2D eigenvalue weighted by Crippen LogP contribution is 2.38. The van der Waals surface area contributed by atoms with Crippen molar-refractivity contribution in [2.45, 2.75) is 88.5 Å². The van der Waals surface area contributed by atoms with Gasteiger partial charge in [-0.15, -0.1) is 0 Å². The van der Waals surface area contributed by atoms with E-state index in [4.69, 9.17) is 0 Å². The van der Waals surface area contributed by atoms with Crippen molar-refractivity contribution in [2.24, 2.45) is 0 Å². The second kappa shape index (κ2) is 8.52. The Morgan fingerprint density at radius 2 is 1.22 bits per heavy atom. The zero-order valence-corrected chi connectivity index (χ0v) is 14.3. The van der Waals surface area contributed by atoms with E-state index in [-0.39, 0.29) is 0 Å². The fraction of sp³-hybridized carbons (Fsp3) is 0.667. The molecule has 0 spiro atoms. The molecular weight excluding hydrogens is 282 g/mol. The van der Waals surface area contributed by atoms with Gasteiger partial charge >= 0.3 is 0 Å².